The second-order valence-corrected chi connectivity index (χ2v) is 5.99. The average molecular weight is 354 g/mol. The van der Waals surface area contributed by atoms with Gasteiger partial charge in [0.1, 0.15) is 17.8 Å². The summed E-state index contributed by atoms with van der Waals surface area (Å²) >= 11 is 2.31. The topological polar surface area (TPSA) is 56.7 Å². The van der Waals surface area contributed by atoms with Gasteiger partial charge >= 0.3 is 0 Å². The summed E-state index contributed by atoms with van der Waals surface area (Å²) in [6.07, 6.45) is 8.20. The zero-order chi connectivity index (χ0) is 12.7. The number of rotatable bonds is 1. The van der Waals surface area contributed by atoms with Crippen molar-refractivity contribution < 1.29 is 0 Å². The van der Waals surface area contributed by atoms with E-state index in [0.717, 1.165) is 40.3 Å². The highest BCUT2D eigenvalue weighted by Gasteiger charge is 2.21. The van der Waals surface area contributed by atoms with Gasteiger partial charge in [0.2, 0.25) is 0 Å². The largest absolute Gasteiger partial charge is 0.383 e. The molecule has 2 N–H and O–H groups in total. The highest BCUT2D eigenvalue weighted by molar-refractivity contribution is 14.1. The number of hydrogen-bond donors (Lipinski definition) is 1. The molecule has 0 radical (unpaired) electrons. The van der Waals surface area contributed by atoms with Crippen LogP contribution in [-0.2, 0) is 0 Å². The molecule has 1 aliphatic carbocycles. The Morgan fingerprint density at radius 3 is 2.78 bits per heavy atom. The van der Waals surface area contributed by atoms with Crippen molar-refractivity contribution in [1.82, 2.24) is 14.5 Å². The van der Waals surface area contributed by atoms with Crippen LogP contribution >= 0.6 is 22.6 Å². The molecular weight excluding hydrogens is 339 g/mol. The molecule has 18 heavy (non-hydrogen) atoms. The van der Waals surface area contributed by atoms with E-state index in [-0.39, 0.29) is 0 Å². The van der Waals surface area contributed by atoms with Crippen LogP contribution in [0, 0.1) is 3.57 Å². The first kappa shape index (κ1) is 12.0. The standard InChI is InChI=1S/C13H15IN4/c1-8-2-4-9(5-3-8)18-6-10(14)11-12(15)16-7-17-13(11)18/h6-7,9H,1-5H2,(H2,15,16,17). The normalized spacial score (nSPS) is 17.5. The number of anilines is 1. The molecule has 5 heteroatoms. The molecule has 0 aliphatic heterocycles. The molecule has 0 bridgehead atoms. The maximum absolute atomic E-state index is 5.94. The minimum absolute atomic E-state index is 0.510. The summed E-state index contributed by atoms with van der Waals surface area (Å²) < 4.78 is 3.40. The Bertz CT molecular complexity index is 607. The van der Waals surface area contributed by atoms with Crippen LogP contribution in [0.25, 0.3) is 11.0 Å². The van der Waals surface area contributed by atoms with Crippen molar-refractivity contribution in [1.29, 1.82) is 0 Å². The highest BCUT2D eigenvalue weighted by atomic mass is 127. The maximum Gasteiger partial charge on any atom is 0.146 e. The van der Waals surface area contributed by atoms with Crippen molar-refractivity contribution in [2.75, 3.05) is 5.73 Å². The first-order chi connectivity index (χ1) is 8.66. The first-order valence-corrected chi connectivity index (χ1v) is 7.18. The zero-order valence-electron chi connectivity index (χ0n) is 10.1. The van der Waals surface area contributed by atoms with E-state index in [9.17, 15) is 0 Å². The Morgan fingerprint density at radius 1 is 1.33 bits per heavy atom. The minimum atomic E-state index is 0.510. The first-order valence-electron chi connectivity index (χ1n) is 6.10. The molecule has 2 aromatic heterocycles. The van der Waals surface area contributed by atoms with Gasteiger partial charge in [-0.15, -0.1) is 0 Å². The van der Waals surface area contributed by atoms with Crippen molar-refractivity contribution in [2.45, 2.75) is 31.7 Å². The Morgan fingerprint density at radius 2 is 2.06 bits per heavy atom. The quantitative estimate of drug-likeness (QED) is 0.632. The van der Waals surface area contributed by atoms with Gasteiger partial charge in [-0.25, -0.2) is 9.97 Å². The second kappa shape index (κ2) is 4.53. The molecular formula is C13H15IN4. The van der Waals surface area contributed by atoms with Crippen LogP contribution in [0.2, 0.25) is 0 Å². The molecule has 0 aromatic carbocycles. The molecule has 2 heterocycles. The minimum Gasteiger partial charge on any atom is -0.383 e. The fraction of sp³-hybridized carbons (Fsp3) is 0.385. The van der Waals surface area contributed by atoms with Crippen molar-refractivity contribution in [3.63, 3.8) is 0 Å². The number of nitrogens with two attached hydrogens (primary N) is 1. The fourth-order valence-electron chi connectivity index (χ4n) is 2.63. The van der Waals surface area contributed by atoms with E-state index in [1.807, 2.05) is 0 Å². The highest BCUT2D eigenvalue weighted by Crippen LogP contribution is 2.35. The summed E-state index contributed by atoms with van der Waals surface area (Å²) in [7, 11) is 0. The van der Waals surface area contributed by atoms with Gasteiger partial charge in [-0.05, 0) is 48.3 Å². The van der Waals surface area contributed by atoms with E-state index in [4.69, 9.17) is 5.73 Å². The molecule has 2 aromatic rings. The third kappa shape index (κ3) is 1.90. The number of nitrogens with zero attached hydrogens (tertiary/aromatic N) is 3. The monoisotopic (exact) mass is 354 g/mol. The molecule has 1 fully saturated rings. The lowest BCUT2D eigenvalue weighted by Gasteiger charge is -2.25. The van der Waals surface area contributed by atoms with Crippen LogP contribution in [0.1, 0.15) is 31.7 Å². The fourth-order valence-corrected chi connectivity index (χ4v) is 3.45. The Hall–Kier alpha value is -1.11. The molecule has 0 spiro atoms. The molecule has 1 aliphatic rings. The molecule has 0 amide bonds. The van der Waals surface area contributed by atoms with Crippen LogP contribution in [0.3, 0.4) is 0 Å². The third-order valence-corrected chi connectivity index (χ3v) is 4.47. The van der Waals surface area contributed by atoms with E-state index in [1.54, 1.807) is 6.33 Å². The summed E-state index contributed by atoms with van der Waals surface area (Å²) in [4.78, 5) is 8.47. The average Bonchev–Trinajstić information content (AvgIpc) is 2.69. The lowest BCUT2D eigenvalue weighted by molar-refractivity contribution is 0.407. The molecule has 94 valence electrons. The van der Waals surface area contributed by atoms with E-state index in [1.165, 1.54) is 5.57 Å². The summed E-state index contributed by atoms with van der Waals surface area (Å²) in [6.45, 7) is 4.07. The van der Waals surface area contributed by atoms with E-state index < -0.39 is 0 Å². The SMILES string of the molecule is C=C1CCC(n2cc(I)c3c(N)ncnc32)CC1. The predicted molar refractivity (Wildman–Crippen MR) is 81.3 cm³/mol. The number of nitrogen functional groups attached to an aromatic ring is 1. The van der Waals surface area contributed by atoms with Gasteiger partial charge in [-0.2, -0.15) is 0 Å². The maximum atomic E-state index is 5.94. The van der Waals surface area contributed by atoms with Gasteiger partial charge in [0.25, 0.3) is 0 Å². The predicted octanol–water partition coefficient (Wildman–Crippen LogP) is 3.29. The van der Waals surface area contributed by atoms with Crippen LogP contribution in [-0.4, -0.2) is 14.5 Å². The van der Waals surface area contributed by atoms with Crippen LogP contribution < -0.4 is 5.73 Å². The summed E-state index contributed by atoms with van der Waals surface area (Å²) in [5.74, 6) is 0.573. The summed E-state index contributed by atoms with van der Waals surface area (Å²) in [6, 6.07) is 0.510. The van der Waals surface area contributed by atoms with E-state index in [2.05, 4.69) is 49.9 Å². The Kier molecular flexibility index (Phi) is 3.01. The molecule has 0 unspecified atom stereocenters. The van der Waals surface area contributed by atoms with Crippen molar-refractivity contribution in [3.05, 3.63) is 28.2 Å². The molecule has 3 rings (SSSR count). The Balaban J connectivity index is 2.07. The van der Waals surface area contributed by atoms with Gasteiger partial charge in [0.05, 0.1) is 5.39 Å². The van der Waals surface area contributed by atoms with Crippen molar-refractivity contribution >= 4 is 39.4 Å². The second-order valence-electron chi connectivity index (χ2n) is 4.82. The van der Waals surface area contributed by atoms with Crippen LogP contribution in [0.5, 0.6) is 0 Å². The van der Waals surface area contributed by atoms with Gasteiger partial charge in [0.15, 0.2) is 0 Å². The van der Waals surface area contributed by atoms with Gasteiger partial charge in [0, 0.05) is 15.8 Å². The van der Waals surface area contributed by atoms with E-state index >= 15 is 0 Å². The lowest BCUT2D eigenvalue weighted by atomic mass is 9.92. The molecule has 0 atom stereocenters. The number of halogens is 1. The molecule has 1 saturated carbocycles. The number of allylic oxidation sites excluding steroid dienone is 1. The molecule has 0 saturated heterocycles. The van der Waals surface area contributed by atoms with Crippen molar-refractivity contribution in [3.8, 4) is 0 Å². The van der Waals surface area contributed by atoms with Gasteiger partial charge in [-0.1, -0.05) is 12.2 Å². The number of fused-ring (bicyclic) bond motifs is 1. The summed E-state index contributed by atoms with van der Waals surface area (Å²) in [5, 5.41) is 0.988. The summed E-state index contributed by atoms with van der Waals surface area (Å²) in [5.41, 5.74) is 8.27. The van der Waals surface area contributed by atoms with Crippen LogP contribution in [0.15, 0.2) is 24.7 Å². The number of aromatic nitrogens is 3. The number of hydrogen-bond acceptors (Lipinski definition) is 3. The lowest BCUT2D eigenvalue weighted by Crippen LogP contribution is -2.13. The Labute approximate surface area is 119 Å². The zero-order valence-corrected chi connectivity index (χ0v) is 12.2. The van der Waals surface area contributed by atoms with Crippen LogP contribution in [0.4, 0.5) is 5.82 Å². The van der Waals surface area contributed by atoms with Gasteiger partial charge < -0.3 is 10.3 Å². The molecule has 4 nitrogen and oxygen atoms in total. The smallest absolute Gasteiger partial charge is 0.146 e. The van der Waals surface area contributed by atoms with Crippen molar-refractivity contribution in [2.24, 2.45) is 0 Å². The third-order valence-electron chi connectivity index (χ3n) is 3.65. The van der Waals surface area contributed by atoms with E-state index in [0.29, 0.717) is 11.9 Å². The van der Waals surface area contributed by atoms with Gasteiger partial charge in [-0.3, -0.25) is 0 Å².